The summed E-state index contributed by atoms with van der Waals surface area (Å²) in [6.07, 6.45) is 1.83. The van der Waals surface area contributed by atoms with E-state index >= 15 is 0 Å². The lowest BCUT2D eigenvalue weighted by Crippen LogP contribution is -2.03. The van der Waals surface area contributed by atoms with E-state index in [0.29, 0.717) is 23.7 Å². The van der Waals surface area contributed by atoms with Gasteiger partial charge in [-0.1, -0.05) is 36.4 Å². The van der Waals surface area contributed by atoms with Crippen molar-refractivity contribution in [3.05, 3.63) is 89.2 Å². The lowest BCUT2D eigenvalue weighted by atomic mass is 10.0. The highest BCUT2D eigenvalue weighted by Gasteiger charge is 2.23. The van der Waals surface area contributed by atoms with Crippen molar-refractivity contribution in [2.24, 2.45) is 0 Å². The molecular formula is C23H18FNO3. The van der Waals surface area contributed by atoms with Crippen LogP contribution in [0.25, 0.3) is 11.6 Å². The average molecular weight is 375 g/mol. The third-order valence-corrected chi connectivity index (χ3v) is 4.52. The number of methoxy groups -OCH3 is 1. The molecule has 0 aromatic heterocycles. The predicted molar refractivity (Wildman–Crippen MR) is 107 cm³/mol. The van der Waals surface area contributed by atoms with Gasteiger partial charge in [0, 0.05) is 16.8 Å². The molecule has 28 heavy (non-hydrogen) atoms. The molecule has 1 N–H and O–H groups in total. The van der Waals surface area contributed by atoms with E-state index < -0.39 is 0 Å². The van der Waals surface area contributed by atoms with E-state index in [1.54, 1.807) is 25.3 Å². The Labute approximate surface area is 162 Å². The number of hydrogen-bond acceptors (Lipinski definition) is 3. The minimum atomic E-state index is -0.281. The summed E-state index contributed by atoms with van der Waals surface area (Å²) in [6, 6.07) is 19.2. The van der Waals surface area contributed by atoms with Crippen molar-refractivity contribution < 1.29 is 18.7 Å². The van der Waals surface area contributed by atoms with Crippen LogP contribution >= 0.6 is 0 Å². The summed E-state index contributed by atoms with van der Waals surface area (Å²) in [5.74, 6) is 0.724. The molecule has 0 saturated carbocycles. The van der Waals surface area contributed by atoms with Gasteiger partial charge in [0.15, 0.2) is 11.5 Å². The lowest BCUT2D eigenvalue weighted by Gasteiger charge is -2.11. The third-order valence-electron chi connectivity index (χ3n) is 4.52. The number of amides is 1. The maximum absolute atomic E-state index is 13.0. The molecule has 1 aliphatic heterocycles. The number of rotatable bonds is 5. The van der Waals surface area contributed by atoms with Crippen LogP contribution in [0.5, 0.6) is 11.5 Å². The van der Waals surface area contributed by atoms with E-state index in [4.69, 9.17) is 9.47 Å². The maximum Gasteiger partial charge on any atom is 0.256 e. The number of nitrogens with one attached hydrogen (secondary N) is 1. The number of benzene rings is 3. The predicted octanol–water partition coefficient (Wildman–Crippen LogP) is 4.91. The first-order chi connectivity index (χ1) is 13.6. The highest BCUT2D eigenvalue weighted by atomic mass is 19.1. The summed E-state index contributed by atoms with van der Waals surface area (Å²) in [4.78, 5) is 12.3. The van der Waals surface area contributed by atoms with Gasteiger partial charge in [0.1, 0.15) is 12.4 Å². The SMILES string of the molecule is COc1cc(C=C2C(=O)Nc3ccccc32)ccc1OCc1ccc(F)cc1. The van der Waals surface area contributed by atoms with Crippen molar-refractivity contribution in [2.75, 3.05) is 12.4 Å². The van der Waals surface area contributed by atoms with Gasteiger partial charge in [-0.25, -0.2) is 4.39 Å². The fraction of sp³-hybridized carbons (Fsp3) is 0.0870. The molecule has 3 aromatic rings. The Hall–Kier alpha value is -3.60. The smallest absolute Gasteiger partial charge is 0.256 e. The highest BCUT2D eigenvalue weighted by Crippen LogP contribution is 2.35. The molecule has 0 radical (unpaired) electrons. The molecule has 4 nitrogen and oxygen atoms in total. The summed E-state index contributed by atoms with van der Waals surface area (Å²) < 4.78 is 24.3. The Morgan fingerprint density at radius 3 is 2.57 bits per heavy atom. The van der Waals surface area contributed by atoms with Gasteiger partial charge in [-0.2, -0.15) is 0 Å². The molecule has 0 saturated heterocycles. The van der Waals surface area contributed by atoms with Gasteiger partial charge in [-0.05, 0) is 47.5 Å². The van der Waals surface area contributed by atoms with Crippen LogP contribution in [0.1, 0.15) is 16.7 Å². The van der Waals surface area contributed by atoms with Crippen LogP contribution in [0.4, 0.5) is 10.1 Å². The van der Waals surface area contributed by atoms with Crippen molar-refractivity contribution in [3.8, 4) is 11.5 Å². The van der Waals surface area contributed by atoms with Crippen molar-refractivity contribution >= 4 is 23.2 Å². The number of hydrogen-bond donors (Lipinski definition) is 1. The van der Waals surface area contributed by atoms with E-state index in [0.717, 1.165) is 22.4 Å². The van der Waals surface area contributed by atoms with Crippen molar-refractivity contribution in [1.29, 1.82) is 0 Å². The molecule has 0 unspecified atom stereocenters. The molecule has 3 aromatic carbocycles. The average Bonchev–Trinajstić information content (AvgIpc) is 3.03. The number of ether oxygens (including phenoxy) is 2. The molecule has 140 valence electrons. The number of carbonyl (C=O) groups excluding carboxylic acids is 1. The number of fused-ring (bicyclic) bond motifs is 1. The molecule has 1 heterocycles. The summed E-state index contributed by atoms with van der Waals surface area (Å²) in [5.41, 5.74) is 3.98. The van der Waals surface area contributed by atoms with Crippen LogP contribution in [0, 0.1) is 5.82 Å². The molecule has 0 spiro atoms. The van der Waals surface area contributed by atoms with E-state index in [2.05, 4.69) is 5.32 Å². The summed E-state index contributed by atoms with van der Waals surface area (Å²) in [5, 5.41) is 2.86. The van der Waals surface area contributed by atoms with Gasteiger partial charge in [-0.3, -0.25) is 4.79 Å². The van der Waals surface area contributed by atoms with Crippen LogP contribution in [-0.2, 0) is 11.4 Å². The first-order valence-electron chi connectivity index (χ1n) is 8.82. The summed E-state index contributed by atoms with van der Waals surface area (Å²) in [7, 11) is 1.56. The standard InChI is InChI=1S/C23H18FNO3/c1-27-22-13-16(12-19-18-4-2-3-5-20(18)25-23(19)26)8-11-21(22)28-14-15-6-9-17(24)10-7-15/h2-13H,14H2,1H3,(H,25,26). The number of para-hydroxylation sites is 1. The Kier molecular flexibility index (Phi) is 4.81. The van der Waals surface area contributed by atoms with Crippen molar-refractivity contribution in [1.82, 2.24) is 0 Å². The molecule has 0 bridgehead atoms. The zero-order chi connectivity index (χ0) is 19.5. The summed E-state index contributed by atoms with van der Waals surface area (Å²) in [6.45, 7) is 0.298. The van der Waals surface area contributed by atoms with Gasteiger partial charge in [0.2, 0.25) is 0 Å². The monoisotopic (exact) mass is 375 g/mol. The zero-order valence-electron chi connectivity index (χ0n) is 15.2. The Morgan fingerprint density at radius 1 is 1.00 bits per heavy atom. The van der Waals surface area contributed by atoms with Gasteiger partial charge in [-0.15, -0.1) is 0 Å². The highest BCUT2D eigenvalue weighted by molar-refractivity contribution is 6.34. The van der Waals surface area contributed by atoms with Gasteiger partial charge >= 0.3 is 0 Å². The summed E-state index contributed by atoms with van der Waals surface area (Å²) >= 11 is 0. The normalized spacial score (nSPS) is 13.9. The van der Waals surface area contributed by atoms with Gasteiger partial charge < -0.3 is 14.8 Å². The molecule has 0 atom stereocenters. The van der Waals surface area contributed by atoms with E-state index in [1.165, 1.54) is 12.1 Å². The first kappa shape index (κ1) is 17.8. The van der Waals surface area contributed by atoms with Crippen LogP contribution in [0.2, 0.25) is 0 Å². The first-order valence-corrected chi connectivity index (χ1v) is 8.82. The van der Waals surface area contributed by atoms with Crippen molar-refractivity contribution in [3.63, 3.8) is 0 Å². The number of carbonyl (C=O) groups is 1. The second kappa shape index (κ2) is 7.56. The Balaban J connectivity index is 1.57. The molecule has 4 rings (SSSR count). The molecule has 1 aliphatic rings. The van der Waals surface area contributed by atoms with E-state index in [1.807, 2.05) is 42.5 Å². The lowest BCUT2D eigenvalue weighted by molar-refractivity contribution is -0.110. The van der Waals surface area contributed by atoms with Crippen LogP contribution in [0.3, 0.4) is 0 Å². The zero-order valence-corrected chi connectivity index (χ0v) is 15.2. The van der Waals surface area contributed by atoms with Crippen LogP contribution in [0.15, 0.2) is 66.7 Å². The van der Waals surface area contributed by atoms with E-state index in [-0.39, 0.29) is 11.7 Å². The molecule has 0 aliphatic carbocycles. The number of halogens is 1. The van der Waals surface area contributed by atoms with Gasteiger partial charge in [0.25, 0.3) is 5.91 Å². The van der Waals surface area contributed by atoms with E-state index in [9.17, 15) is 9.18 Å². The van der Waals surface area contributed by atoms with Crippen LogP contribution in [-0.4, -0.2) is 13.0 Å². The second-order valence-corrected chi connectivity index (χ2v) is 6.38. The fourth-order valence-corrected chi connectivity index (χ4v) is 3.08. The minimum Gasteiger partial charge on any atom is -0.493 e. The molecule has 0 fully saturated rings. The quantitative estimate of drug-likeness (QED) is 0.645. The molecule has 1 amide bonds. The molecule has 5 heteroatoms. The second-order valence-electron chi connectivity index (χ2n) is 6.38. The topological polar surface area (TPSA) is 47.6 Å². The van der Waals surface area contributed by atoms with Crippen LogP contribution < -0.4 is 14.8 Å². The van der Waals surface area contributed by atoms with Crippen molar-refractivity contribution in [2.45, 2.75) is 6.61 Å². The third kappa shape index (κ3) is 3.60. The maximum atomic E-state index is 13.0. The Bertz CT molecular complexity index is 1060. The van der Waals surface area contributed by atoms with Gasteiger partial charge in [0.05, 0.1) is 7.11 Å². The Morgan fingerprint density at radius 2 is 1.79 bits per heavy atom. The fourth-order valence-electron chi connectivity index (χ4n) is 3.08. The largest absolute Gasteiger partial charge is 0.493 e. The number of anilines is 1. The minimum absolute atomic E-state index is 0.128. The molecular weight excluding hydrogens is 357 g/mol.